The third kappa shape index (κ3) is 4.11. The van der Waals surface area contributed by atoms with Crippen LogP contribution < -0.4 is 11.5 Å². The quantitative estimate of drug-likeness (QED) is 0.302. The van der Waals surface area contributed by atoms with Crippen molar-refractivity contribution in [3.8, 4) is 0 Å². The second-order valence-electron chi connectivity index (χ2n) is 4.06. The van der Waals surface area contributed by atoms with Crippen molar-refractivity contribution in [1.29, 1.82) is 0 Å². The van der Waals surface area contributed by atoms with Crippen LogP contribution in [0.5, 0.6) is 0 Å². The molecule has 0 spiro atoms. The molecule has 18 heavy (non-hydrogen) atoms. The number of nitrogens with two attached hydrogens (primary N) is 2. The van der Waals surface area contributed by atoms with Gasteiger partial charge in [-0.05, 0) is 0 Å². The number of hydrogen-bond donors (Lipinski definition) is 5. The fourth-order valence-electron chi connectivity index (χ4n) is 1.66. The molecular weight excluding hydrogens is 244 g/mol. The van der Waals surface area contributed by atoms with E-state index in [9.17, 15) is 10.2 Å². The van der Waals surface area contributed by atoms with E-state index in [0.717, 1.165) is 0 Å². The zero-order chi connectivity index (χ0) is 13.5. The van der Waals surface area contributed by atoms with Crippen LogP contribution in [0.1, 0.15) is 0 Å². The minimum absolute atomic E-state index is 0.222. The monoisotopic (exact) mass is 266 g/mol. The first-order valence-corrected chi connectivity index (χ1v) is 5.89. The van der Waals surface area contributed by atoms with Crippen LogP contribution in [-0.4, -0.2) is 78.9 Å². The Kier molecular flexibility index (Phi) is 6.97. The Morgan fingerprint density at radius 3 is 2.44 bits per heavy atom. The Morgan fingerprint density at radius 1 is 1.11 bits per heavy atom. The van der Waals surface area contributed by atoms with Crippen LogP contribution in [0.15, 0.2) is 0 Å². The number of hydrogen-bond acceptors (Lipinski definition) is 8. The summed E-state index contributed by atoms with van der Waals surface area (Å²) < 4.78 is 15.6. The van der Waals surface area contributed by atoms with Crippen molar-refractivity contribution in [2.45, 2.75) is 30.6 Å². The Hall–Kier alpha value is -0.320. The van der Waals surface area contributed by atoms with Crippen molar-refractivity contribution in [3.05, 3.63) is 0 Å². The predicted molar refractivity (Wildman–Crippen MR) is 61.6 cm³/mol. The molecule has 0 amide bonds. The molecule has 1 aliphatic rings. The molecule has 1 aliphatic heterocycles. The van der Waals surface area contributed by atoms with E-state index in [4.69, 9.17) is 30.8 Å². The molecule has 8 nitrogen and oxygen atoms in total. The summed E-state index contributed by atoms with van der Waals surface area (Å²) in [6, 6.07) is -0.877. The summed E-state index contributed by atoms with van der Waals surface area (Å²) >= 11 is 0. The first-order valence-electron chi connectivity index (χ1n) is 5.89. The minimum Gasteiger partial charge on any atom is -0.394 e. The van der Waals surface area contributed by atoms with Gasteiger partial charge in [0.05, 0.1) is 32.5 Å². The van der Waals surface area contributed by atoms with Crippen LogP contribution in [0.4, 0.5) is 0 Å². The molecule has 5 unspecified atom stereocenters. The molecule has 1 saturated heterocycles. The van der Waals surface area contributed by atoms with Crippen LogP contribution in [0.3, 0.4) is 0 Å². The van der Waals surface area contributed by atoms with Crippen LogP contribution in [0, 0.1) is 0 Å². The van der Waals surface area contributed by atoms with Crippen molar-refractivity contribution in [1.82, 2.24) is 0 Å². The smallest absolute Gasteiger partial charge is 0.175 e. The van der Waals surface area contributed by atoms with Gasteiger partial charge in [-0.1, -0.05) is 0 Å². The topological polar surface area (TPSA) is 140 Å². The van der Waals surface area contributed by atoms with Gasteiger partial charge in [-0.2, -0.15) is 0 Å². The molecule has 8 heteroatoms. The largest absolute Gasteiger partial charge is 0.394 e. The summed E-state index contributed by atoms with van der Waals surface area (Å²) in [5.74, 6) is 0. The van der Waals surface area contributed by atoms with Crippen LogP contribution in [0.25, 0.3) is 0 Å². The summed E-state index contributed by atoms with van der Waals surface area (Å²) in [6.07, 6.45) is -4.22. The van der Waals surface area contributed by atoms with E-state index in [2.05, 4.69) is 0 Å². The Balaban J connectivity index is 2.35. The van der Waals surface area contributed by atoms with Gasteiger partial charge in [0, 0.05) is 6.54 Å². The molecular formula is C10H22N2O6. The predicted octanol–water partition coefficient (Wildman–Crippen LogP) is -3.26. The molecule has 0 aromatic rings. The van der Waals surface area contributed by atoms with Gasteiger partial charge < -0.3 is 41.0 Å². The van der Waals surface area contributed by atoms with E-state index in [0.29, 0.717) is 19.8 Å². The van der Waals surface area contributed by atoms with Crippen molar-refractivity contribution in [2.24, 2.45) is 11.5 Å². The zero-order valence-electron chi connectivity index (χ0n) is 10.1. The third-order valence-electron chi connectivity index (χ3n) is 2.70. The summed E-state index contributed by atoms with van der Waals surface area (Å²) in [7, 11) is 0. The fraction of sp³-hybridized carbons (Fsp3) is 1.00. The Morgan fingerprint density at radius 2 is 1.83 bits per heavy atom. The minimum atomic E-state index is -1.22. The van der Waals surface area contributed by atoms with Gasteiger partial charge in [0.1, 0.15) is 18.3 Å². The highest BCUT2D eigenvalue weighted by Crippen LogP contribution is 2.20. The molecule has 7 N–H and O–H groups in total. The highest BCUT2D eigenvalue weighted by atomic mass is 16.7. The van der Waals surface area contributed by atoms with Crippen LogP contribution in [0.2, 0.25) is 0 Å². The molecule has 1 rings (SSSR count). The molecule has 5 atom stereocenters. The lowest BCUT2D eigenvalue weighted by atomic mass is 9.98. The standard InChI is InChI=1S/C10H22N2O6/c11-1-2-16-3-4-17-10-7(12)9(15)8(14)6(5-13)18-10/h6-10,13-15H,1-5,11-12H2. The van der Waals surface area contributed by atoms with Crippen molar-refractivity contribution in [2.75, 3.05) is 33.0 Å². The Labute approximate surface area is 105 Å². The van der Waals surface area contributed by atoms with E-state index >= 15 is 0 Å². The SMILES string of the molecule is NCCOCCOC1OC(CO)C(O)C(O)C1N. The van der Waals surface area contributed by atoms with E-state index in [-0.39, 0.29) is 6.61 Å². The lowest BCUT2D eigenvalue weighted by molar-refractivity contribution is -0.267. The van der Waals surface area contributed by atoms with Gasteiger partial charge >= 0.3 is 0 Å². The average Bonchev–Trinajstić information content (AvgIpc) is 2.38. The summed E-state index contributed by atoms with van der Waals surface area (Å²) in [4.78, 5) is 0. The first kappa shape index (κ1) is 15.7. The van der Waals surface area contributed by atoms with Gasteiger partial charge in [0.15, 0.2) is 6.29 Å². The lowest BCUT2D eigenvalue weighted by Gasteiger charge is -2.40. The maximum atomic E-state index is 9.67. The Bertz CT molecular complexity index is 230. The van der Waals surface area contributed by atoms with E-state index in [1.165, 1.54) is 0 Å². The highest BCUT2D eigenvalue weighted by molar-refractivity contribution is 4.91. The number of aliphatic hydroxyl groups is 3. The summed E-state index contributed by atoms with van der Waals surface area (Å²) in [6.45, 7) is 0.985. The van der Waals surface area contributed by atoms with E-state index in [1.807, 2.05) is 0 Å². The van der Waals surface area contributed by atoms with Crippen LogP contribution >= 0.6 is 0 Å². The van der Waals surface area contributed by atoms with Gasteiger partial charge in [0.2, 0.25) is 0 Å². The summed E-state index contributed by atoms with van der Waals surface area (Å²) in [5, 5.41) is 28.2. The highest BCUT2D eigenvalue weighted by Gasteiger charge is 2.42. The lowest BCUT2D eigenvalue weighted by Crippen LogP contribution is -2.62. The number of ether oxygens (including phenoxy) is 3. The summed E-state index contributed by atoms with van der Waals surface area (Å²) in [5.41, 5.74) is 10.9. The molecule has 0 saturated carbocycles. The van der Waals surface area contributed by atoms with Gasteiger partial charge in [-0.3, -0.25) is 0 Å². The third-order valence-corrected chi connectivity index (χ3v) is 2.70. The molecule has 0 aromatic carbocycles. The van der Waals surface area contributed by atoms with Crippen molar-refractivity contribution in [3.63, 3.8) is 0 Å². The molecule has 0 aliphatic carbocycles. The molecule has 0 radical (unpaired) electrons. The second-order valence-corrected chi connectivity index (χ2v) is 4.06. The van der Waals surface area contributed by atoms with Gasteiger partial charge in [-0.25, -0.2) is 0 Å². The first-order chi connectivity index (χ1) is 8.61. The van der Waals surface area contributed by atoms with Crippen LogP contribution in [-0.2, 0) is 14.2 Å². The fourth-order valence-corrected chi connectivity index (χ4v) is 1.66. The second kappa shape index (κ2) is 7.97. The molecule has 1 heterocycles. The normalized spacial score (nSPS) is 36.8. The molecule has 0 bridgehead atoms. The molecule has 1 fully saturated rings. The number of rotatable bonds is 7. The van der Waals surface area contributed by atoms with E-state index in [1.54, 1.807) is 0 Å². The van der Waals surface area contributed by atoms with E-state index < -0.39 is 37.3 Å². The maximum absolute atomic E-state index is 9.67. The molecule has 108 valence electrons. The van der Waals surface area contributed by atoms with Crippen molar-refractivity contribution < 1.29 is 29.5 Å². The molecule has 0 aromatic heterocycles. The van der Waals surface area contributed by atoms with Gasteiger partial charge in [0.25, 0.3) is 0 Å². The maximum Gasteiger partial charge on any atom is 0.175 e. The average molecular weight is 266 g/mol. The van der Waals surface area contributed by atoms with Gasteiger partial charge in [-0.15, -0.1) is 0 Å². The van der Waals surface area contributed by atoms with Crippen molar-refractivity contribution >= 4 is 0 Å². The number of aliphatic hydroxyl groups excluding tert-OH is 3. The zero-order valence-corrected chi connectivity index (χ0v) is 10.1.